The minimum Gasteiger partial charge on any atom is -0.0889 e. The lowest BCUT2D eigenvalue weighted by molar-refractivity contribution is 0.424. The highest BCUT2D eigenvalue weighted by Gasteiger charge is 2.32. The van der Waals surface area contributed by atoms with Crippen LogP contribution in [0.25, 0.3) is 11.1 Å². The Morgan fingerprint density at radius 1 is 0.906 bits per heavy atom. The fourth-order valence-corrected chi connectivity index (χ4v) is 5.25. The van der Waals surface area contributed by atoms with Crippen molar-refractivity contribution < 1.29 is 0 Å². The Hall–Kier alpha value is -2.32. The minimum atomic E-state index is 0.0150. The lowest BCUT2D eigenvalue weighted by Crippen LogP contribution is -2.27. The maximum atomic E-state index is 3.53. The van der Waals surface area contributed by atoms with Gasteiger partial charge in [0.25, 0.3) is 0 Å². The molecule has 4 rings (SSSR count). The first-order valence-corrected chi connectivity index (χ1v) is 12.5. The molecule has 32 heavy (non-hydrogen) atoms. The quantitative estimate of drug-likeness (QED) is 0.322. The van der Waals surface area contributed by atoms with Crippen molar-refractivity contribution in [2.45, 2.75) is 44.9 Å². The van der Waals surface area contributed by atoms with E-state index in [1.54, 1.807) is 0 Å². The van der Waals surface area contributed by atoms with E-state index in [-0.39, 0.29) is 5.41 Å². The summed E-state index contributed by atoms with van der Waals surface area (Å²) in [4.78, 5) is 0. The summed E-state index contributed by atoms with van der Waals surface area (Å²) in [7, 11) is 2.15. The zero-order valence-electron chi connectivity index (χ0n) is 19.6. The zero-order chi connectivity index (χ0) is 22.7. The second-order valence-electron chi connectivity index (χ2n) is 9.79. The van der Waals surface area contributed by atoms with Gasteiger partial charge in [0.1, 0.15) is 7.85 Å². The molecule has 0 amide bonds. The normalized spacial score (nSPS) is 17.8. The van der Waals surface area contributed by atoms with Crippen LogP contribution in [0.3, 0.4) is 0 Å². The average Bonchev–Trinajstić information content (AvgIpc) is 2.80. The first kappa shape index (κ1) is 22.9. The molecular formula is C30H32BBr. The van der Waals surface area contributed by atoms with Crippen LogP contribution in [-0.2, 0) is 5.41 Å². The van der Waals surface area contributed by atoms with Crippen LogP contribution in [0.1, 0.15) is 50.7 Å². The maximum Gasteiger partial charge on any atom is 0.139 e. The van der Waals surface area contributed by atoms with Crippen molar-refractivity contribution in [3.8, 4) is 11.1 Å². The van der Waals surface area contributed by atoms with E-state index < -0.39 is 0 Å². The van der Waals surface area contributed by atoms with Crippen LogP contribution < -0.4 is 5.46 Å². The summed E-state index contributed by atoms with van der Waals surface area (Å²) in [6, 6.07) is 26.8. The first-order chi connectivity index (χ1) is 15.3. The third-order valence-electron chi connectivity index (χ3n) is 6.76. The van der Waals surface area contributed by atoms with Gasteiger partial charge in [-0.3, -0.25) is 0 Å². The third kappa shape index (κ3) is 5.02. The maximum absolute atomic E-state index is 3.53. The van der Waals surface area contributed by atoms with E-state index in [2.05, 4.69) is 136 Å². The van der Waals surface area contributed by atoms with Crippen molar-refractivity contribution in [2.24, 2.45) is 5.92 Å². The molecule has 0 heterocycles. The predicted octanol–water partition coefficient (Wildman–Crippen LogP) is 7.35. The van der Waals surface area contributed by atoms with E-state index in [9.17, 15) is 0 Å². The fraction of sp³-hybridized carbons (Fsp3) is 0.267. The Morgan fingerprint density at radius 3 is 2.03 bits per heavy atom. The van der Waals surface area contributed by atoms with Gasteiger partial charge in [0.2, 0.25) is 0 Å². The molecule has 1 aliphatic carbocycles. The predicted molar refractivity (Wildman–Crippen MR) is 146 cm³/mol. The van der Waals surface area contributed by atoms with Gasteiger partial charge in [0.05, 0.1) is 0 Å². The van der Waals surface area contributed by atoms with E-state index in [1.165, 1.54) is 33.3 Å². The monoisotopic (exact) mass is 482 g/mol. The van der Waals surface area contributed by atoms with Crippen molar-refractivity contribution in [3.05, 3.63) is 112 Å². The molecular weight excluding hydrogens is 451 g/mol. The lowest BCUT2D eigenvalue weighted by atomic mass is 9.68. The molecule has 1 aliphatic rings. The van der Waals surface area contributed by atoms with Gasteiger partial charge in [-0.25, -0.2) is 0 Å². The molecule has 0 spiro atoms. The third-order valence-corrected chi connectivity index (χ3v) is 7.29. The molecule has 3 aromatic carbocycles. The Balaban J connectivity index is 1.60. The Kier molecular flexibility index (Phi) is 6.91. The number of halogens is 1. The summed E-state index contributed by atoms with van der Waals surface area (Å²) in [5.74, 6) is 1.10. The molecule has 3 aromatic rings. The second kappa shape index (κ2) is 9.67. The molecule has 2 unspecified atom stereocenters. The van der Waals surface area contributed by atoms with Crippen molar-refractivity contribution in [3.63, 3.8) is 0 Å². The average molecular weight is 483 g/mol. The SMILES string of the molecule is Bc1ccc(C2C=CC(C(C)(CC(C)C)c3ccc(-c4ccc(Br)cc4)cc3)=CC2)cc1. The minimum absolute atomic E-state index is 0.0150. The van der Waals surface area contributed by atoms with Crippen molar-refractivity contribution in [1.29, 1.82) is 0 Å². The van der Waals surface area contributed by atoms with Crippen LogP contribution in [0.4, 0.5) is 0 Å². The zero-order valence-corrected chi connectivity index (χ0v) is 21.2. The van der Waals surface area contributed by atoms with E-state index in [1.807, 2.05) is 0 Å². The number of benzene rings is 3. The van der Waals surface area contributed by atoms with Crippen molar-refractivity contribution in [2.75, 3.05) is 0 Å². The van der Waals surface area contributed by atoms with E-state index in [4.69, 9.17) is 0 Å². The molecule has 0 aromatic heterocycles. The summed E-state index contributed by atoms with van der Waals surface area (Å²) in [6.45, 7) is 7.08. The summed E-state index contributed by atoms with van der Waals surface area (Å²) < 4.78 is 1.11. The van der Waals surface area contributed by atoms with Gasteiger partial charge in [0, 0.05) is 15.8 Å². The van der Waals surface area contributed by atoms with E-state index in [0.29, 0.717) is 11.8 Å². The fourth-order valence-electron chi connectivity index (χ4n) is 4.98. The van der Waals surface area contributed by atoms with Gasteiger partial charge in [-0.15, -0.1) is 0 Å². The number of hydrogen-bond acceptors (Lipinski definition) is 0. The topological polar surface area (TPSA) is 0 Å². The highest BCUT2D eigenvalue weighted by Crippen LogP contribution is 2.42. The van der Waals surface area contributed by atoms with Gasteiger partial charge in [-0.05, 0) is 58.7 Å². The number of hydrogen-bond donors (Lipinski definition) is 0. The largest absolute Gasteiger partial charge is 0.139 e. The standard InChI is InChI=1S/C30H32BBr/c1-21(2)20-30(3,26-12-4-22(5-13-26)24-8-16-28(31)17-9-24)27-14-6-23(7-15-27)25-10-18-29(32)19-11-25/h4,6-19,21-22H,5,20,31H2,1-3H3. The molecule has 2 atom stereocenters. The van der Waals surface area contributed by atoms with E-state index >= 15 is 0 Å². The molecule has 0 aliphatic heterocycles. The van der Waals surface area contributed by atoms with Crippen LogP contribution in [0.2, 0.25) is 0 Å². The van der Waals surface area contributed by atoms with Gasteiger partial charge in [-0.2, -0.15) is 0 Å². The van der Waals surface area contributed by atoms with Gasteiger partial charge < -0.3 is 0 Å². The van der Waals surface area contributed by atoms with Crippen LogP contribution in [0, 0.1) is 5.92 Å². The summed E-state index contributed by atoms with van der Waals surface area (Å²) in [6.07, 6.45) is 9.49. The molecule has 0 saturated carbocycles. The van der Waals surface area contributed by atoms with Crippen LogP contribution in [-0.4, -0.2) is 7.85 Å². The molecule has 0 bridgehead atoms. The van der Waals surface area contributed by atoms with Gasteiger partial charge >= 0.3 is 0 Å². The van der Waals surface area contributed by atoms with Crippen LogP contribution >= 0.6 is 15.9 Å². The summed E-state index contributed by atoms with van der Waals surface area (Å²) in [5, 5.41) is 0. The molecule has 0 radical (unpaired) electrons. The van der Waals surface area contributed by atoms with Gasteiger partial charge in [0.15, 0.2) is 0 Å². The number of rotatable bonds is 6. The smallest absolute Gasteiger partial charge is 0.0889 e. The Bertz CT molecular complexity index is 1110. The molecule has 2 heteroatoms. The summed E-state index contributed by atoms with van der Waals surface area (Å²) in [5.41, 5.74) is 8.11. The highest BCUT2D eigenvalue weighted by atomic mass is 79.9. The van der Waals surface area contributed by atoms with Crippen LogP contribution in [0.15, 0.2) is 101 Å². The second-order valence-corrected chi connectivity index (χ2v) is 10.7. The first-order valence-electron chi connectivity index (χ1n) is 11.7. The molecule has 0 saturated heterocycles. The number of allylic oxidation sites excluding steroid dienone is 4. The molecule has 162 valence electrons. The van der Waals surface area contributed by atoms with Gasteiger partial charge in [-0.1, -0.05) is 121 Å². The van der Waals surface area contributed by atoms with Crippen molar-refractivity contribution in [1.82, 2.24) is 0 Å². The Labute approximate surface area is 203 Å². The van der Waals surface area contributed by atoms with Crippen molar-refractivity contribution >= 4 is 29.2 Å². The highest BCUT2D eigenvalue weighted by molar-refractivity contribution is 9.10. The molecule has 0 N–H and O–H groups in total. The molecule has 0 fully saturated rings. The lowest BCUT2D eigenvalue weighted by Gasteiger charge is -2.36. The Morgan fingerprint density at radius 2 is 1.50 bits per heavy atom. The summed E-state index contributed by atoms with van der Waals surface area (Å²) >= 11 is 3.53. The molecule has 0 nitrogen and oxygen atoms in total. The van der Waals surface area contributed by atoms with E-state index in [0.717, 1.165) is 17.3 Å². The van der Waals surface area contributed by atoms with Crippen LogP contribution in [0.5, 0.6) is 0 Å².